The highest BCUT2D eigenvalue weighted by Gasteiger charge is 2.14. The molecule has 38 heavy (non-hydrogen) atoms. The Labute approximate surface area is 228 Å². The van der Waals surface area contributed by atoms with E-state index >= 15 is 0 Å². The molecule has 5 aromatic rings. The molecule has 0 aliphatic heterocycles. The third-order valence-electron chi connectivity index (χ3n) is 5.60. The smallest absolute Gasteiger partial charge is 0.230 e. The zero-order valence-electron chi connectivity index (χ0n) is 20.2. The number of methoxy groups -OCH3 is 1. The summed E-state index contributed by atoms with van der Waals surface area (Å²) >= 11 is 6.71. The molecule has 0 aliphatic carbocycles. The second-order valence-electron chi connectivity index (χ2n) is 8.28. The van der Waals surface area contributed by atoms with Gasteiger partial charge < -0.3 is 20.1 Å². The van der Waals surface area contributed by atoms with Gasteiger partial charge in [0.05, 0.1) is 23.7 Å². The molecule has 1 amide bonds. The van der Waals surface area contributed by atoms with E-state index in [1.165, 1.54) is 23.5 Å². The number of halogens is 1. The Morgan fingerprint density at radius 2 is 1.84 bits per heavy atom. The Kier molecular flexibility index (Phi) is 7.57. The van der Waals surface area contributed by atoms with Gasteiger partial charge in [0.25, 0.3) is 0 Å². The van der Waals surface area contributed by atoms with E-state index in [0.717, 1.165) is 32.0 Å². The number of hydrogen-bond donors (Lipinski definition) is 2. The topological polar surface area (TPSA) is 72.5 Å². The molecule has 5 rings (SSSR count). The second kappa shape index (κ2) is 11.4. The molecule has 190 valence electrons. The molecule has 0 spiro atoms. The lowest BCUT2D eigenvalue weighted by atomic mass is 10.1. The molecular weight excluding hydrogens is 521 g/mol. The Morgan fingerprint density at radius 1 is 1.00 bits per heavy atom. The van der Waals surface area contributed by atoms with Crippen LogP contribution in [0.25, 0.3) is 20.7 Å². The molecule has 9 heteroatoms. The van der Waals surface area contributed by atoms with E-state index in [4.69, 9.17) is 21.7 Å². The van der Waals surface area contributed by atoms with Gasteiger partial charge in [0, 0.05) is 28.9 Å². The van der Waals surface area contributed by atoms with Crippen molar-refractivity contribution in [3.05, 3.63) is 103 Å². The maximum absolute atomic E-state index is 15.0. The van der Waals surface area contributed by atoms with Crippen molar-refractivity contribution in [2.45, 2.75) is 6.42 Å². The molecule has 0 bridgehead atoms. The number of nitrogens with zero attached hydrogens (tertiary/aromatic N) is 1. The summed E-state index contributed by atoms with van der Waals surface area (Å²) in [7, 11) is 1.63. The van der Waals surface area contributed by atoms with Gasteiger partial charge in [-0.1, -0.05) is 42.5 Å². The van der Waals surface area contributed by atoms with Crippen molar-refractivity contribution in [2.75, 3.05) is 12.4 Å². The Bertz CT molecular complexity index is 1620. The molecule has 2 N–H and O–H groups in total. The fourth-order valence-corrected chi connectivity index (χ4v) is 5.10. The Balaban J connectivity index is 1.28. The van der Waals surface area contributed by atoms with E-state index in [1.54, 1.807) is 25.4 Å². The molecular formula is C29H22FN3O3S2. The number of nitrogens with one attached hydrogen (secondary N) is 2. The number of thiophene rings is 1. The number of aromatic nitrogens is 1. The van der Waals surface area contributed by atoms with E-state index in [1.807, 2.05) is 60.7 Å². The van der Waals surface area contributed by atoms with Crippen molar-refractivity contribution in [2.24, 2.45) is 0 Å². The summed E-state index contributed by atoms with van der Waals surface area (Å²) in [5.74, 6) is 0.467. The van der Waals surface area contributed by atoms with Crippen LogP contribution in [0.2, 0.25) is 0 Å². The van der Waals surface area contributed by atoms with Crippen LogP contribution in [0.4, 0.5) is 10.1 Å². The maximum atomic E-state index is 15.0. The summed E-state index contributed by atoms with van der Waals surface area (Å²) in [4.78, 5) is 17.7. The lowest BCUT2D eigenvalue weighted by molar-refractivity contribution is -0.119. The number of ether oxygens (including phenoxy) is 2. The van der Waals surface area contributed by atoms with Crippen LogP contribution in [0, 0.1) is 5.82 Å². The molecule has 2 heterocycles. The van der Waals surface area contributed by atoms with Gasteiger partial charge in [-0.3, -0.25) is 9.78 Å². The van der Waals surface area contributed by atoms with Gasteiger partial charge in [-0.2, -0.15) is 0 Å². The predicted molar refractivity (Wildman–Crippen MR) is 153 cm³/mol. The van der Waals surface area contributed by atoms with Crippen LogP contribution in [-0.2, 0) is 11.2 Å². The van der Waals surface area contributed by atoms with Gasteiger partial charge in [-0.25, -0.2) is 4.39 Å². The number of thiocarbonyl (C=S) groups is 1. The summed E-state index contributed by atoms with van der Waals surface area (Å²) < 4.78 is 27.0. The van der Waals surface area contributed by atoms with Crippen molar-refractivity contribution in [3.63, 3.8) is 0 Å². The summed E-state index contributed by atoms with van der Waals surface area (Å²) in [5.41, 5.74) is 3.00. The van der Waals surface area contributed by atoms with Crippen molar-refractivity contribution >= 4 is 50.5 Å². The van der Waals surface area contributed by atoms with Crippen molar-refractivity contribution in [1.29, 1.82) is 0 Å². The summed E-state index contributed by atoms with van der Waals surface area (Å²) in [5, 5.41) is 5.53. The van der Waals surface area contributed by atoms with Gasteiger partial charge in [0.1, 0.15) is 11.5 Å². The normalized spacial score (nSPS) is 10.7. The number of carbonyl (C=O) groups is 1. The third kappa shape index (κ3) is 5.96. The molecule has 0 aliphatic rings. The molecule has 0 radical (unpaired) electrons. The van der Waals surface area contributed by atoms with Crippen LogP contribution in [0.15, 0.2) is 91.1 Å². The van der Waals surface area contributed by atoms with E-state index in [-0.39, 0.29) is 23.2 Å². The van der Waals surface area contributed by atoms with Crippen molar-refractivity contribution < 1.29 is 18.7 Å². The molecule has 0 atom stereocenters. The number of fused-ring (bicyclic) bond motifs is 1. The zero-order chi connectivity index (χ0) is 26.5. The lowest BCUT2D eigenvalue weighted by Crippen LogP contribution is -2.35. The maximum Gasteiger partial charge on any atom is 0.230 e. The van der Waals surface area contributed by atoms with Crippen molar-refractivity contribution in [3.8, 4) is 27.7 Å². The summed E-state index contributed by atoms with van der Waals surface area (Å²) in [6.45, 7) is 0. The molecule has 0 saturated heterocycles. The van der Waals surface area contributed by atoms with E-state index in [0.29, 0.717) is 11.4 Å². The highest BCUT2D eigenvalue weighted by Crippen LogP contribution is 2.40. The number of carbonyl (C=O) groups excluding carboxylic acids is 1. The average Bonchev–Trinajstić information content (AvgIpc) is 3.36. The van der Waals surface area contributed by atoms with Gasteiger partial charge in [0.2, 0.25) is 5.91 Å². The Morgan fingerprint density at radius 3 is 2.63 bits per heavy atom. The monoisotopic (exact) mass is 543 g/mol. The predicted octanol–water partition coefficient (Wildman–Crippen LogP) is 6.96. The summed E-state index contributed by atoms with van der Waals surface area (Å²) in [6.07, 6.45) is 1.82. The first kappa shape index (κ1) is 25.3. The van der Waals surface area contributed by atoms with Gasteiger partial charge in [0.15, 0.2) is 16.7 Å². The number of anilines is 1. The van der Waals surface area contributed by atoms with Crippen molar-refractivity contribution in [1.82, 2.24) is 10.3 Å². The first-order valence-electron chi connectivity index (χ1n) is 11.6. The van der Waals surface area contributed by atoms with Gasteiger partial charge >= 0.3 is 0 Å². The highest BCUT2D eigenvalue weighted by molar-refractivity contribution is 7.80. The minimum absolute atomic E-state index is 0.0541. The molecule has 0 fully saturated rings. The van der Waals surface area contributed by atoms with Gasteiger partial charge in [-0.05, 0) is 53.7 Å². The zero-order valence-corrected chi connectivity index (χ0v) is 21.9. The van der Waals surface area contributed by atoms with Crippen LogP contribution < -0.4 is 20.1 Å². The lowest BCUT2D eigenvalue weighted by Gasteiger charge is -2.12. The van der Waals surface area contributed by atoms with Gasteiger partial charge in [-0.15, -0.1) is 11.3 Å². The SMILES string of the molecule is COc1cccc(-c2cc3nccc(Oc4ccc(NC(=S)NC(=O)Cc5ccccc5)cc4F)c3s2)c1. The van der Waals surface area contributed by atoms with Crippen LogP contribution in [-0.4, -0.2) is 23.1 Å². The molecule has 2 aromatic heterocycles. The fourth-order valence-electron chi connectivity index (χ4n) is 3.81. The fraction of sp³-hybridized carbons (Fsp3) is 0.0690. The van der Waals surface area contributed by atoms with Crippen LogP contribution >= 0.6 is 23.6 Å². The second-order valence-corrected chi connectivity index (χ2v) is 9.74. The number of hydrogen-bond acceptors (Lipinski definition) is 6. The molecule has 3 aromatic carbocycles. The van der Waals surface area contributed by atoms with E-state index in [9.17, 15) is 9.18 Å². The highest BCUT2D eigenvalue weighted by atomic mass is 32.1. The first-order chi connectivity index (χ1) is 18.5. The molecule has 0 unspecified atom stereocenters. The first-order valence-corrected chi connectivity index (χ1v) is 12.9. The number of rotatable bonds is 7. The summed E-state index contributed by atoms with van der Waals surface area (Å²) in [6, 6.07) is 25.1. The number of amides is 1. The van der Waals surface area contributed by atoms with E-state index < -0.39 is 5.82 Å². The largest absolute Gasteiger partial charge is 0.497 e. The minimum Gasteiger partial charge on any atom is -0.497 e. The van der Waals surface area contributed by atoms with Crippen LogP contribution in [0.3, 0.4) is 0 Å². The third-order valence-corrected chi connectivity index (χ3v) is 6.99. The number of pyridine rings is 1. The van der Waals surface area contributed by atoms with E-state index in [2.05, 4.69) is 15.6 Å². The van der Waals surface area contributed by atoms with Crippen LogP contribution in [0.5, 0.6) is 17.2 Å². The molecule has 6 nitrogen and oxygen atoms in total. The Hall–Kier alpha value is -4.34. The standard InChI is InChI=1S/C29H22FN3O3S2/c1-35-21-9-5-8-19(15-21)26-17-23-28(38-26)25(12-13-31-23)36-24-11-10-20(16-22(24)30)32-29(37)33-27(34)14-18-6-3-2-4-7-18/h2-13,15-17H,14H2,1H3,(H2,32,33,34,37). The quantitative estimate of drug-likeness (QED) is 0.216. The minimum atomic E-state index is -0.581. The molecule has 0 saturated carbocycles. The average molecular weight is 544 g/mol. The number of benzene rings is 3. The van der Waals surface area contributed by atoms with Crippen LogP contribution in [0.1, 0.15) is 5.56 Å².